The van der Waals surface area contributed by atoms with Gasteiger partial charge in [0.2, 0.25) is 0 Å². The van der Waals surface area contributed by atoms with Gasteiger partial charge in [0.15, 0.2) is 5.11 Å². The summed E-state index contributed by atoms with van der Waals surface area (Å²) in [5, 5.41) is 7.89. The maximum Gasteiger partial charge on any atom is 0.175 e. The van der Waals surface area contributed by atoms with Crippen molar-refractivity contribution >= 4 is 46.0 Å². The highest BCUT2D eigenvalue weighted by molar-refractivity contribution is 7.80. The molecule has 3 nitrogen and oxygen atoms in total. The summed E-state index contributed by atoms with van der Waals surface area (Å²) < 4.78 is 0. The molecule has 0 saturated carbocycles. The Hall–Kier alpha value is -1.78. The fraction of sp³-hybridized carbons (Fsp3) is 0.316. The van der Waals surface area contributed by atoms with Gasteiger partial charge >= 0.3 is 0 Å². The van der Waals surface area contributed by atoms with Crippen molar-refractivity contribution in [2.75, 3.05) is 28.6 Å². The van der Waals surface area contributed by atoms with Gasteiger partial charge < -0.3 is 15.5 Å². The second-order valence-electron chi connectivity index (χ2n) is 6.06. The number of anilines is 3. The summed E-state index contributed by atoms with van der Waals surface area (Å²) >= 11 is 11.7. The van der Waals surface area contributed by atoms with Gasteiger partial charge in [0.25, 0.3) is 0 Å². The van der Waals surface area contributed by atoms with Crippen molar-refractivity contribution < 1.29 is 0 Å². The van der Waals surface area contributed by atoms with Crippen LogP contribution in [0, 0.1) is 6.92 Å². The normalized spacial score (nSPS) is 14.3. The molecule has 2 aromatic carbocycles. The topological polar surface area (TPSA) is 27.3 Å². The van der Waals surface area contributed by atoms with Gasteiger partial charge in [-0.05, 0) is 68.2 Å². The molecule has 0 spiro atoms. The van der Waals surface area contributed by atoms with Crippen molar-refractivity contribution in [2.24, 2.45) is 0 Å². The predicted molar refractivity (Wildman–Crippen MR) is 109 cm³/mol. The van der Waals surface area contributed by atoms with Gasteiger partial charge in [-0.1, -0.05) is 29.8 Å². The second kappa shape index (κ2) is 7.86. The van der Waals surface area contributed by atoms with Gasteiger partial charge in [-0.3, -0.25) is 0 Å². The summed E-state index contributed by atoms with van der Waals surface area (Å²) in [6.45, 7) is 4.19. The molecule has 0 aromatic heterocycles. The summed E-state index contributed by atoms with van der Waals surface area (Å²) in [7, 11) is 0. The number of para-hydroxylation sites is 2. The van der Waals surface area contributed by atoms with Crippen molar-refractivity contribution in [1.29, 1.82) is 0 Å². The van der Waals surface area contributed by atoms with Gasteiger partial charge in [-0.25, -0.2) is 0 Å². The molecule has 1 saturated heterocycles. The molecule has 1 heterocycles. The Bertz CT molecular complexity index is 726. The van der Waals surface area contributed by atoms with Crippen molar-refractivity contribution in [3.05, 3.63) is 53.1 Å². The molecule has 5 heteroatoms. The van der Waals surface area contributed by atoms with E-state index in [0.717, 1.165) is 35.1 Å². The average Bonchev–Trinajstić information content (AvgIpc) is 2.60. The first kappa shape index (κ1) is 17.1. The van der Waals surface area contributed by atoms with Crippen LogP contribution in [0.1, 0.15) is 24.8 Å². The molecule has 126 valence electrons. The highest BCUT2D eigenvalue weighted by Gasteiger charge is 2.15. The second-order valence-corrected chi connectivity index (χ2v) is 6.87. The van der Waals surface area contributed by atoms with Crippen LogP contribution >= 0.6 is 23.8 Å². The number of rotatable bonds is 3. The number of hydrogen-bond donors (Lipinski definition) is 2. The van der Waals surface area contributed by atoms with Crippen LogP contribution in [-0.2, 0) is 0 Å². The molecule has 3 rings (SSSR count). The van der Waals surface area contributed by atoms with E-state index in [-0.39, 0.29) is 0 Å². The first-order chi connectivity index (χ1) is 11.6. The zero-order valence-electron chi connectivity index (χ0n) is 13.8. The van der Waals surface area contributed by atoms with Crippen LogP contribution in [-0.4, -0.2) is 18.2 Å². The Morgan fingerprint density at radius 1 is 0.958 bits per heavy atom. The van der Waals surface area contributed by atoms with Crippen LogP contribution in [0.3, 0.4) is 0 Å². The Balaban J connectivity index is 1.73. The quantitative estimate of drug-likeness (QED) is 0.713. The van der Waals surface area contributed by atoms with E-state index in [1.807, 2.05) is 31.2 Å². The van der Waals surface area contributed by atoms with Crippen LogP contribution in [0.2, 0.25) is 5.02 Å². The van der Waals surface area contributed by atoms with Crippen molar-refractivity contribution in [2.45, 2.75) is 26.2 Å². The van der Waals surface area contributed by atoms with Crippen molar-refractivity contribution in [1.82, 2.24) is 0 Å². The van der Waals surface area contributed by atoms with Gasteiger partial charge in [0.1, 0.15) is 0 Å². The molecule has 2 N–H and O–H groups in total. The molecule has 24 heavy (non-hydrogen) atoms. The standard InChI is InChI=1S/C19H22ClN3S/c1-14-15(20)8-7-10-16(14)21-19(24)22-17-9-3-4-11-18(17)23-12-5-2-6-13-23/h3-4,7-11H,2,5-6,12-13H2,1H3,(H2,21,22,24). The lowest BCUT2D eigenvalue weighted by atomic mass is 10.1. The third kappa shape index (κ3) is 4.00. The van der Waals surface area contributed by atoms with Crippen molar-refractivity contribution in [3.8, 4) is 0 Å². The first-order valence-corrected chi connectivity index (χ1v) is 9.11. The zero-order chi connectivity index (χ0) is 16.9. The van der Waals surface area contributed by atoms with E-state index in [4.69, 9.17) is 23.8 Å². The first-order valence-electron chi connectivity index (χ1n) is 8.32. The lowest BCUT2D eigenvalue weighted by molar-refractivity contribution is 0.578. The molecule has 0 bridgehead atoms. The molecule has 1 aliphatic rings. The maximum atomic E-state index is 6.17. The third-order valence-electron chi connectivity index (χ3n) is 4.36. The summed E-state index contributed by atoms with van der Waals surface area (Å²) in [5.74, 6) is 0. The minimum atomic E-state index is 0.574. The van der Waals surface area contributed by atoms with Crippen LogP contribution in [0.5, 0.6) is 0 Å². The van der Waals surface area contributed by atoms with Gasteiger partial charge in [0.05, 0.1) is 11.4 Å². The molecule has 2 aromatic rings. The lowest BCUT2D eigenvalue weighted by Gasteiger charge is -2.30. The van der Waals surface area contributed by atoms with Crippen LogP contribution < -0.4 is 15.5 Å². The Labute approximate surface area is 154 Å². The van der Waals surface area contributed by atoms with Crippen LogP contribution in [0.15, 0.2) is 42.5 Å². The third-order valence-corrected chi connectivity index (χ3v) is 4.98. The van der Waals surface area contributed by atoms with E-state index >= 15 is 0 Å². The number of halogens is 1. The summed E-state index contributed by atoms with van der Waals surface area (Å²) in [5.41, 5.74) is 4.17. The average molecular weight is 360 g/mol. The lowest BCUT2D eigenvalue weighted by Crippen LogP contribution is -2.30. The fourth-order valence-corrected chi connectivity index (χ4v) is 3.40. The fourth-order valence-electron chi connectivity index (χ4n) is 3.01. The summed E-state index contributed by atoms with van der Waals surface area (Å²) in [6, 6.07) is 14.1. The molecule has 1 aliphatic heterocycles. The molecule has 0 unspecified atom stereocenters. The summed E-state index contributed by atoms with van der Waals surface area (Å²) in [6.07, 6.45) is 3.82. The number of hydrogen-bond acceptors (Lipinski definition) is 2. The van der Waals surface area contributed by atoms with E-state index in [0.29, 0.717) is 5.11 Å². The van der Waals surface area contributed by atoms with Crippen molar-refractivity contribution in [3.63, 3.8) is 0 Å². The highest BCUT2D eigenvalue weighted by Crippen LogP contribution is 2.29. The van der Waals surface area contributed by atoms with E-state index in [2.05, 4.69) is 33.7 Å². The smallest absolute Gasteiger partial charge is 0.175 e. The van der Waals surface area contributed by atoms with E-state index in [1.165, 1.54) is 24.9 Å². The summed E-state index contributed by atoms with van der Waals surface area (Å²) in [4.78, 5) is 2.43. The molecular weight excluding hydrogens is 338 g/mol. The monoisotopic (exact) mass is 359 g/mol. The SMILES string of the molecule is Cc1c(Cl)cccc1NC(=S)Nc1ccccc1N1CCCCC1. The van der Waals surface area contributed by atoms with E-state index in [1.54, 1.807) is 0 Å². The van der Waals surface area contributed by atoms with Crippen LogP contribution in [0.25, 0.3) is 0 Å². The maximum absolute atomic E-state index is 6.17. The number of thiocarbonyl (C=S) groups is 1. The minimum absolute atomic E-state index is 0.574. The van der Waals surface area contributed by atoms with Gasteiger partial charge in [0, 0.05) is 23.8 Å². The number of nitrogens with one attached hydrogen (secondary N) is 2. The Morgan fingerprint density at radius 3 is 2.42 bits per heavy atom. The number of nitrogens with zero attached hydrogens (tertiary/aromatic N) is 1. The molecule has 0 radical (unpaired) electrons. The molecule has 0 amide bonds. The number of piperidine rings is 1. The highest BCUT2D eigenvalue weighted by atomic mass is 35.5. The largest absolute Gasteiger partial charge is 0.370 e. The van der Waals surface area contributed by atoms with Crippen LogP contribution in [0.4, 0.5) is 17.1 Å². The molecule has 1 fully saturated rings. The van der Waals surface area contributed by atoms with Gasteiger partial charge in [-0.15, -0.1) is 0 Å². The minimum Gasteiger partial charge on any atom is -0.370 e. The molecular formula is C19H22ClN3S. The molecule has 0 aliphatic carbocycles. The van der Waals surface area contributed by atoms with E-state index < -0.39 is 0 Å². The Morgan fingerprint density at radius 2 is 1.62 bits per heavy atom. The molecule has 0 atom stereocenters. The van der Waals surface area contributed by atoms with E-state index in [9.17, 15) is 0 Å². The zero-order valence-corrected chi connectivity index (χ0v) is 15.4. The van der Waals surface area contributed by atoms with Gasteiger partial charge in [-0.2, -0.15) is 0 Å². The number of benzene rings is 2. The predicted octanol–water partition coefficient (Wildman–Crippen LogP) is 5.45. The Kier molecular flexibility index (Phi) is 5.59.